The van der Waals surface area contributed by atoms with E-state index in [1.54, 1.807) is 12.1 Å². The largest absolute Gasteiger partial charge is 0.0628 e. The highest BCUT2D eigenvalue weighted by molar-refractivity contribution is 6.62. The Morgan fingerprint density at radius 1 is 1.00 bits per heavy atom. The van der Waals surface area contributed by atoms with Gasteiger partial charge in [-0.2, -0.15) is 0 Å². The molecule has 1 heteroatoms. The van der Waals surface area contributed by atoms with E-state index in [0.29, 0.717) is 5.04 Å². The molecule has 0 N–H and O–H groups in total. The molecule has 53 valence electrons. The molecule has 1 heterocycles. The van der Waals surface area contributed by atoms with Gasteiger partial charge >= 0.3 is 0 Å². The third-order valence-corrected chi connectivity index (χ3v) is 6.30. The normalized spacial score (nSPS) is 23.0. The molecule has 0 spiro atoms. The predicted molar refractivity (Wildman–Crippen MR) is 44.3 cm³/mol. The monoisotopic (exact) mass is 141 g/mol. The summed E-state index contributed by atoms with van der Waals surface area (Å²) in [5.41, 5.74) is 0. The summed E-state index contributed by atoms with van der Waals surface area (Å²) in [6.07, 6.45) is 3.04. The lowest BCUT2D eigenvalue weighted by atomic mass is 10.2. The van der Waals surface area contributed by atoms with Crippen molar-refractivity contribution in [1.29, 1.82) is 0 Å². The molecule has 0 unspecified atom stereocenters. The standard InChI is InChI=1S/C8H17Si/c1-8(2,3)9-6-4-5-7-9/h4-7H2,1-3H3. The summed E-state index contributed by atoms with van der Waals surface area (Å²) in [5, 5.41) is 0.682. The lowest BCUT2D eigenvalue weighted by Crippen LogP contribution is -2.20. The molecule has 1 aliphatic rings. The highest BCUT2D eigenvalue weighted by atomic mass is 28.3. The van der Waals surface area contributed by atoms with Gasteiger partial charge in [-0.05, 0) is 5.04 Å². The molecular formula is C8H17Si. The summed E-state index contributed by atoms with van der Waals surface area (Å²) in [5.74, 6) is 0. The topological polar surface area (TPSA) is 0 Å². The van der Waals surface area contributed by atoms with E-state index in [-0.39, 0.29) is 8.80 Å². The van der Waals surface area contributed by atoms with E-state index in [9.17, 15) is 0 Å². The predicted octanol–water partition coefficient (Wildman–Crippen LogP) is 3.08. The van der Waals surface area contributed by atoms with Crippen LogP contribution in [-0.2, 0) is 0 Å². The first-order chi connectivity index (χ1) is 4.11. The molecule has 1 aliphatic heterocycles. The Kier molecular flexibility index (Phi) is 1.99. The Morgan fingerprint density at radius 2 is 1.44 bits per heavy atom. The maximum Gasteiger partial charge on any atom is 0.0537 e. The van der Waals surface area contributed by atoms with Gasteiger partial charge in [-0.1, -0.05) is 45.7 Å². The molecule has 9 heavy (non-hydrogen) atoms. The van der Waals surface area contributed by atoms with Crippen molar-refractivity contribution in [2.45, 2.75) is 50.7 Å². The zero-order chi connectivity index (χ0) is 6.91. The Morgan fingerprint density at radius 3 is 1.67 bits per heavy atom. The summed E-state index contributed by atoms with van der Waals surface area (Å²) < 4.78 is 0. The quantitative estimate of drug-likeness (QED) is 0.455. The molecule has 1 rings (SSSR count). The smallest absolute Gasteiger partial charge is 0.0537 e. The van der Waals surface area contributed by atoms with Crippen molar-refractivity contribution >= 4 is 8.80 Å². The van der Waals surface area contributed by atoms with Gasteiger partial charge in [0, 0.05) is 0 Å². The maximum atomic E-state index is 2.41. The lowest BCUT2D eigenvalue weighted by Gasteiger charge is -2.24. The van der Waals surface area contributed by atoms with Crippen LogP contribution in [0.1, 0.15) is 33.6 Å². The van der Waals surface area contributed by atoms with Crippen molar-refractivity contribution < 1.29 is 0 Å². The first-order valence-electron chi connectivity index (χ1n) is 3.96. The summed E-state index contributed by atoms with van der Waals surface area (Å²) in [6.45, 7) is 7.23. The fourth-order valence-corrected chi connectivity index (χ4v) is 4.66. The molecular weight excluding hydrogens is 124 g/mol. The maximum absolute atomic E-state index is 2.41. The molecule has 1 fully saturated rings. The molecule has 0 aromatic rings. The first kappa shape index (κ1) is 7.33. The summed E-state index contributed by atoms with van der Waals surface area (Å²) in [4.78, 5) is 0. The molecule has 0 atom stereocenters. The molecule has 0 saturated carbocycles. The zero-order valence-corrected chi connectivity index (χ0v) is 7.83. The van der Waals surface area contributed by atoms with Crippen LogP contribution in [0.25, 0.3) is 0 Å². The van der Waals surface area contributed by atoms with E-state index >= 15 is 0 Å². The van der Waals surface area contributed by atoms with Crippen LogP contribution in [0.3, 0.4) is 0 Å². The Hall–Kier alpha value is 0.217. The average molecular weight is 141 g/mol. The third kappa shape index (κ3) is 1.82. The van der Waals surface area contributed by atoms with E-state index in [0.717, 1.165) is 0 Å². The van der Waals surface area contributed by atoms with E-state index in [1.165, 1.54) is 12.8 Å². The fourth-order valence-electron chi connectivity index (χ4n) is 1.55. The molecule has 0 aromatic heterocycles. The molecule has 0 nitrogen and oxygen atoms in total. The van der Waals surface area contributed by atoms with Crippen molar-refractivity contribution in [3.05, 3.63) is 0 Å². The van der Waals surface area contributed by atoms with E-state index in [1.807, 2.05) is 0 Å². The minimum atomic E-state index is 0.0723. The summed E-state index contributed by atoms with van der Waals surface area (Å²) in [7, 11) is 0.0723. The lowest BCUT2D eigenvalue weighted by molar-refractivity contribution is 0.734. The van der Waals surface area contributed by atoms with Gasteiger partial charge in [0.15, 0.2) is 0 Å². The number of hydrogen-bond acceptors (Lipinski definition) is 0. The van der Waals surface area contributed by atoms with Gasteiger partial charge in [0.1, 0.15) is 0 Å². The average Bonchev–Trinajstić information content (AvgIpc) is 2.08. The van der Waals surface area contributed by atoms with Crippen LogP contribution in [0.5, 0.6) is 0 Å². The van der Waals surface area contributed by atoms with Gasteiger partial charge < -0.3 is 0 Å². The zero-order valence-electron chi connectivity index (χ0n) is 6.83. The second kappa shape index (κ2) is 2.45. The van der Waals surface area contributed by atoms with Gasteiger partial charge in [-0.15, -0.1) is 0 Å². The highest BCUT2D eigenvalue weighted by Gasteiger charge is 2.28. The first-order valence-corrected chi connectivity index (χ1v) is 5.87. The number of hydrogen-bond donors (Lipinski definition) is 0. The second-order valence-corrected chi connectivity index (χ2v) is 7.77. The van der Waals surface area contributed by atoms with Crippen LogP contribution in [-0.4, -0.2) is 8.80 Å². The van der Waals surface area contributed by atoms with Crippen molar-refractivity contribution in [3.8, 4) is 0 Å². The van der Waals surface area contributed by atoms with Crippen molar-refractivity contribution in [3.63, 3.8) is 0 Å². The molecule has 1 saturated heterocycles. The van der Waals surface area contributed by atoms with Crippen LogP contribution in [0.15, 0.2) is 0 Å². The van der Waals surface area contributed by atoms with Crippen LogP contribution < -0.4 is 0 Å². The Balaban J connectivity index is 2.42. The minimum Gasteiger partial charge on any atom is -0.0628 e. The molecule has 0 aromatic carbocycles. The van der Waals surface area contributed by atoms with Crippen molar-refractivity contribution in [1.82, 2.24) is 0 Å². The van der Waals surface area contributed by atoms with Crippen LogP contribution >= 0.6 is 0 Å². The highest BCUT2D eigenvalue weighted by Crippen LogP contribution is 2.37. The molecule has 1 radical (unpaired) electrons. The van der Waals surface area contributed by atoms with E-state index in [2.05, 4.69) is 20.8 Å². The van der Waals surface area contributed by atoms with Gasteiger partial charge in [-0.25, -0.2) is 0 Å². The molecule has 0 aliphatic carbocycles. The SMILES string of the molecule is CC(C)(C)[Si]1CCCC1. The second-order valence-electron chi connectivity index (χ2n) is 4.06. The molecule has 0 bridgehead atoms. The van der Waals surface area contributed by atoms with Crippen LogP contribution in [0.2, 0.25) is 17.1 Å². The van der Waals surface area contributed by atoms with Gasteiger partial charge in [-0.3, -0.25) is 0 Å². The van der Waals surface area contributed by atoms with E-state index < -0.39 is 0 Å². The fraction of sp³-hybridized carbons (Fsp3) is 1.00. The minimum absolute atomic E-state index is 0.0723. The Labute approximate surface area is 60.3 Å². The van der Waals surface area contributed by atoms with Gasteiger partial charge in [0.2, 0.25) is 0 Å². The summed E-state index contributed by atoms with van der Waals surface area (Å²) >= 11 is 0. The number of rotatable bonds is 0. The van der Waals surface area contributed by atoms with Gasteiger partial charge in [0.05, 0.1) is 8.80 Å². The van der Waals surface area contributed by atoms with Crippen LogP contribution in [0, 0.1) is 0 Å². The molecule has 0 amide bonds. The van der Waals surface area contributed by atoms with Crippen molar-refractivity contribution in [2.24, 2.45) is 0 Å². The Bertz CT molecular complexity index is 85.2. The van der Waals surface area contributed by atoms with E-state index in [4.69, 9.17) is 0 Å². The van der Waals surface area contributed by atoms with Crippen molar-refractivity contribution in [2.75, 3.05) is 0 Å². The summed E-state index contributed by atoms with van der Waals surface area (Å²) in [6, 6.07) is 3.16. The van der Waals surface area contributed by atoms with Crippen LogP contribution in [0.4, 0.5) is 0 Å². The van der Waals surface area contributed by atoms with Gasteiger partial charge in [0.25, 0.3) is 0 Å². The third-order valence-electron chi connectivity index (χ3n) is 2.27.